The van der Waals surface area contributed by atoms with Crippen LogP contribution in [0.3, 0.4) is 0 Å². The second-order valence-corrected chi connectivity index (χ2v) is 4.19. The van der Waals surface area contributed by atoms with Crippen molar-refractivity contribution in [3.63, 3.8) is 0 Å². The van der Waals surface area contributed by atoms with Gasteiger partial charge in [-0.3, -0.25) is 4.39 Å². The maximum atomic E-state index is 12.2. The molecule has 2 unspecified atom stereocenters. The highest BCUT2D eigenvalue weighted by atomic mass is 19.1. The summed E-state index contributed by atoms with van der Waals surface area (Å²) in [6.07, 6.45) is 0. The molecular formula is C9H16FN. The van der Waals surface area contributed by atoms with E-state index in [-0.39, 0.29) is 6.67 Å². The Morgan fingerprint density at radius 3 is 2.27 bits per heavy atom. The van der Waals surface area contributed by atoms with Crippen LogP contribution in [-0.4, -0.2) is 30.7 Å². The average Bonchev–Trinajstić information content (AvgIpc) is 2.41. The molecule has 1 aliphatic carbocycles. The van der Waals surface area contributed by atoms with Crippen molar-refractivity contribution in [2.75, 3.05) is 19.8 Å². The second kappa shape index (κ2) is 2.44. The molecule has 0 aromatic heterocycles. The highest BCUT2D eigenvalue weighted by molar-refractivity contribution is 5.05. The van der Waals surface area contributed by atoms with Crippen molar-refractivity contribution in [3.8, 4) is 0 Å². The molecule has 1 aliphatic heterocycles. The summed E-state index contributed by atoms with van der Waals surface area (Å²) in [5, 5.41) is 0. The van der Waals surface area contributed by atoms with Crippen LogP contribution in [0.1, 0.15) is 13.8 Å². The monoisotopic (exact) mass is 157 g/mol. The minimum absolute atomic E-state index is 0.0821. The molecule has 2 atom stereocenters. The molecular weight excluding hydrogens is 141 g/mol. The number of hydrogen-bond donors (Lipinski definition) is 0. The predicted octanol–water partition coefficient (Wildman–Crippen LogP) is 1.54. The average molecular weight is 157 g/mol. The van der Waals surface area contributed by atoms with E-state index >= 15 is 0 Å². The maximum Gasteiger partial charge on any atom is 0.0929 e. The lowest BCUT2D eigenvalue weighted by molar-refractivity contribution is 0.224. The third-order valence-corrected chi connectivity index (χ3v) is 3.31. The van der Waals surface area contributed by atoms with E-state index in [1.807, 2.05) is 0 Å². The molecule has 1 heterocycles. The van der Waals surface area contributed by atoms with Crippen molar-refractivity contribution in [1.29, 1.82) is 0 Å². The van der Waals surface area contributed by atoms with Crippen molar-refractivity contribution < 1.29 is 4.39 Å². The van der Waals surface area contributed by atoms with Crippen molar-refractivity contribution in [1.82, 2.24) is 4.90 Å². The van der Waals surface area contributed by atoms with Gasteiger partial charge >= 0.3 is 0 Å². The number of hydrogen-bond acceptors (Lipinski definition) is 1. The number of nitrogens with zero attached hydrogens (tertiary/aromatic N) is 1. The molecule has 2 rings (SSSR count). The number of halogens is 1. The third-order valence-electron chi connectivity index (χ3n) is 3.31. The van der Waals surface area contributed by atoms with E-state index < -0.39 is 0 Å². The molecule has 0 spiro atoms. The fraction of sp³-hybridized carbons (Fsp3) is 1.00. The number of likely N-dealkylation sites (tertiary alicyclic amines) is 1. The van der Waals surface area contributed by atoms with Gasteiger partial charge in [-0.15, -0.1) is 0 Å². The van der Waals surface area contributed by atoms with Crippen LogP contribution in [0, 0.1) is 17.8 Å². The molecule has 2 heteroatoms. The largest absolute Gasteiger partial charge is 0.300 e. The first-order valence-electron chi connectivity index (χ1n) is 4.54. The van der Waals surface area contributed by atoms with E-state index in [9.17, 15) is 4.39 Å². The molecule has 1 saturated heterocycles. The SMILES string of the molecule is CC(C)N1CC2C(CF)C2C1. The molecule has 0 N–H and O–H groups in total. The van der Waals surface area contributed by atoms with E-state index in [1.165, 1.54) is 0 Å². The van der Waals surface area contributed by atoms with Crippen molar-refractivity contribution >= 4 is 0 Å². The molecule has 2 fully saturated rings. The lowest BCUT2D eigenvalue weighted by Gasteiger charge is -2.22. The van der Waals surface area contributed by atoms with Gasteiger partial charge in [0, 0.05) is 19.1 Å². The summed E-state index contributed by atoms with van der Waals surface area (Å²) in [6, 6.07) is 0.656. The van der Waals surface area contributed by atoms with Gasteiger partial charge in [0.2, 0.25) is 0 Å². The number of piperidine rings is 1. The first kappa shape index (κ1) is 7.53. The predicted molar refractivity (Wildman–Crippen MR) is 43.2 cm³/mol. The second-order valence-electron chi connectivity index (χ2n) is 4.19. The lowest BCUT2D eigenvalue weighted by Crippen LogP contribution is -2.31. The highest BCUT2D eigenvalue weighted by Gasteiger charge is 2.55. The molecule has 0 aromatic rings. The van der Waals surface area contributed by atoms with Gasteiger partial charge in [-0.05, 0) is 31.6 Å². The standard InChI is InChI=1S/C9H16FN/c1-6(2)11-4-8-7(3-10)9(8)5-11/h6-9H,3-5H2,1-2H3. The summed E-state index contributed by atoms with van der Waals surface area (Å²) in [4.78, 5) is 2.46. The summed E-state index contributed by atoms with van der Waals surface area (Å²) in [7, 11) is 0. The Morgan fingerprint density at radius 1 is 1.36 bits per heavy atom. The minimum atomic E-state index is -0.0821. The Kier molecular flexibility index (Phi) is 1.67. The zero-order chi connectivity index (χ0) is 8.01. The van der Waals surface area contributed by atoms with Gasteiger partial charge in [-0.2, -0.15) is 0 Å². The van der Waals surface area contributed by atoms with Gasteiger partial charge in [0.05, 0.1) is 6.67 Å². The van der Waals surface area contributed by atoms with Gasteiger partial charge < -0.3 is 4.90 Å². The fourth-order valence-electron chi connectivity index (χ4n) is 2.33. The van der Waals surface area contributed by atoms with E-state index in [2.05, 4.69) is 18.7 Å². The van der Waals surface area contributed by atoms with Crippen LogP contribution in [0.4, 0.5) is 4.39 Å². The molecule has 64 valence electrons. The van der Waals surface area contributed by atoms with Crippen LogP contribution in [0.25, 0.3) is 0 Å². The number of fused-ring (bicyclic) bond motifs is 1. The summed E-state index contributed by atoms with van der Waals surface area (Å²) in [6.45, 7) is 6.65. The minimum Gasteiger partial charge on any atom is -0.300 e. The molecule has 1 saturated carbocycles. The Hall–Kier alpha value is -0.110. The quantitative estimate of drug-likeness (QED) is 0.587. The molecule has 0 aromatic carbocycles. The van der Waals surface area contributed by atoms with E-state index in [0.717, 1.165) is 13.1 Å². The van der Waals surface area contributed by atoms with Crippen molar-refractivity contribution in [2.24, 2.45) is 17.8 Å². The van der Waals surface area contributed by atoms with Gasteiger partial charge in [0.1, 0.15) is 0 Å². The first-order chi connectivity index (χ1) is 5.24. The Morgan fingerprint density at radius 2 is 1.91 bits per heavy atom. The smallest absolute Gasteiger partial charge is 0.0929 e. The van der Waals surface area contributed by atoms with E-state index in [0.29, 0.717) is 23.8 Å². The van der Waals surface area contributed by atoms with Crippen LogP contribution in [0.2, 0.25) is 0 Å². The summed E-state index contributed by atoms with van der Waals surface area (Å²) >= 11 is 0. The van der Waals surface area contributed by atoms with Gasteiger partial charge in [-0.1, -0.05) is 0 Å². The normalized spacial score (nSPS) is 43.1. The summed E-state index contributed by atoms with van der Waals surface area (Å²) < 4.78 is 12.2. The van der Waals surface area contributed by atoms with Crippen LogP contribution in [0.15, 0.2) is 0 Å². The fourth-order valence-corrected chi connectivity index (χ4v) is 2.33. The van der Waals surface area contributed by atoms with Crippen molar-refractivity contribution in [3.05, 3.63) is 0 Å². The Bertz CT molecular complexity index is 146. The number of alkyl halides is 1. The highest BCUT2D eigenvalue weighted by Crippen LogP contribution is 2.52. The van der Waals surface area contributed by atoms with Crippen LogP contribution >= 0.6 is 0 Å². The molecule has 11 heavy (non-hydrogen) atoms. The van der Waals surface area contributed by atoms with Crippen LogP contribution in [0.5, 0.6) is 0 Å². The molecule has 0 amide bonds. The third kappa shape index (κ3) is 1.08. The number of rotatable bonds is 2. The van der Waals surface area contributed by atoms with Crippen molar-refractivity contribution in [2.45, 2.75) is 19.9 Å². The zero-order valence-corrected chi connectivity index (χ0v) is 7.26. The maximum absolute atomic E-state index is 12.2. The first-order valence-corrected chi connectivity index (χ1v) is 4.54. The summed E-state index contributed by atoms with van der Waals surface area (Å²) in [5.41, 5.74) is 0. The molecule has 1 nitrogen and oxygen atoms in total. The van der Waals surface area contributed by atoms with E-state index in [1.54, 1.807) is 0 Å². The Labute approximate surface area is 67.6 Å². The van der Waals surface area contributed by atoms with Crippen LogP contribution in [-0.2, 0) is 0 Å². The molecule has 2 aliphatic rings. The Balaban J connectivity index is 1.85. The van der Waals surface area contributed by atoms with E-state index in [4.69, 9.17) is 0 Å². The molecule has 0 radical (unpaired) electrons. The topological polar surface area (TPSA) is 3.24 Å². The van der Waals surface area contributed by atoms with Gasteiger partial charge in [-0.25, -0.2) is 0 Å². The van der Waals surface area contributed by atoms with Gasteiger partial charge in [0.15, 0.2) is 0 Å². The zero-order valence-electron chi connectivity index (χ0n) is 7.26. The van der Waals surface area contributed by atoms with Gasteiger partial charge in [0.25, 0.3) is 0 Å². The summed E-state index contributed by atoms with van der Waals surface area (Å²) in [5.74, 6) is 1.86. The van der Waals surface area contributed by atoms with Crippen LogP contribution < -0.4 is 0 Å². The lowest BCUT2D eigenvalue weighted by atomic mass is 10.2. The molecule has 0 bridgehead atoms.